The van der Waals surface area contributed by atoms with Gasteiger partial charge in [-0.15, -0.1) is 10.2 Å². The second kappa shape index (κ2) is 7.97. The Labute approximate surface area is 172 Å². The first-order valence-corrected chi connectivity index (χ1v) is 9.46. The smallest absolute Gasteiger partial charge is 0.289 e. The monoisotopic (exact) mass is 434 g/mol. The summed E-state index contributed by atoms with van der Waals surface area (Å²) >= 11 is 6.79. The van der Waals surface area contributed by atoms with Gasteiger partial charge in [0.2, 0.25) is 18.6 Å². The second-order valence-electron chi connectivity index (χ2n) is 5.70. The number of fused-ring (bicyclic) bond motifs is 1. The summed E-state index contributed by atoms with van der Waals surface area (Å²) in [5, 5.41) is 21.5. The first kappa shape index (κ1) is 19.0. The lowest BCUT2D eigenvalue weighted by Gasteiger charge is -2.04. The molecule has 0 bridgehead atoms. The number of anilines is 1. The van der Waals surface area contributed by atoms with Crippen LogP contribution < -0.4 is 14.8 Å². The molecule has 0 fully saturated rings. The lowest BCUT2D eigenvalue weighted by molar-refractivity contribution is -0.384. The minimum atomic E-state index is -0.622. The summed E-state index contributed by atoms with van der Waals surface area (Å²) in [7, 11) is 0. The quantitative estimate of drug-likeness (QED) is 0.350. The molecule has 0 spiro atoms. The van der Waals surface area contributed by atoms with Crippen molar-refractivity contribution in [2.24, 2.45) is 0 Å². The third kappa shape index (κ3) is 4.25. The van der Waals surface area contributed by atoms with Crippen molar-refractivity contribution in [1.82, 2.24) is 10.2 Å². The van der Waals surface area contributed by atoms with Gasteiger partial charge >= 0.3 is 0 Å². The van der Waals surface area contributed by atoms with E-state index in [9.17, 15) is 14.9 Å². The van der Waals surface area contributed by atoms with Gasteiger partial charge in [-0.1, -0.05) is 23.4 Å². The van der Waals surface area contributed by atoms with Crippen LogP contribution in [0.5, 0.6) is 11.5 Å². The van der Waals surface area contributed by atoms with Crippen molar-refractivity contribution >= 4 is 40.6 Å². The molecule has 148 valence electrons. The molecule has 0 aliphatic carbocycles. The SMILES string of the molecule is O=C(CSc1nnc(-c2ccc3c(c2)OCO3)o1)Nc1ccc(Cl)c([N+](=O)[O-])c1. The zero-order valence-electron chi connectivity index (χ0n) is 14.5. The standard InChI is InChI=1S/C17H11ClN4O6S/c18-11-3-2-10(6-12(11)22(24)25)19-15(23)7-29-17-21-20-16(28-17)9-1-4-13-14(5-9)27-8-26-13/h1-6H,7-8H2,(H,19,23). The highest BCUT2D eigenvalue weighted by Crippen LogP contribution is 2.36. The fourth-order valence-corrected chi connectivity index (χ4v) is 3.22. The van der Waals surface area contributed by atoms with Gasteiger partial charge in [-0.05, 0) is 30.3 Å². The van der Waals surface area contributed by atoms with Gasteiger partial charge in [-0.3, -0.25) is 14.9 Å². The van der Waals surface area contributed by atoms with Crippen LogP contribution in [0, 0.1) is 10.1 Å². The molecular formula is C17H11ClN4O6S. The van der Waals surface area contributed by atoms with Crippen molar-refractivity contribution in [1.29, 1.82) is 0 Å². The normalized spacial score (nSPS) is 12.0. The van der Waals surface area contributed by atoms with Crippen LogP contribution in [0.2, 0.25) is 5.02 Å². The predicted molar refractivity (Wildman–Crippen MR) is 103 cm³/mol. The molecule has 1 aliphatic rings. The van der Waals surface area contributed by atoms with Crippen molar-refractivity contribution in [3.63, 3.8) is 0 Å². The molecule has 0 atom stereocenters. The molecule has 2 aromatic carbocycles. The lowest BCUT2D eigenvalue weighted by atomic mass is 10.2. The van der Waals surface area contributed by atoms with E-state index in [-0.39, 0.29) is 40.1 Å². The van der Waals surface area contributed by atoms with E-state index in [0.717, 1.165) is 11.8 Å². The number of nitro groups is 1. The van der Waals surface area contributed by atoms with Gasteiger partial charge in [-0.25, -0.2) is 0 Å². The first-order chi connectivity index (χ1) is 14.0. The molecule has 1 aromatic heterocycles. The van der Waals surface area contributed by atoms with Crippen molar-refractivity contribution in [2.45, 2.75) is 5.22 Å². The van der Waals surface area contributed by atoms with E-state index in [1.54, 1.807) is 18.2 Å². The molecule has 4 rings (SSSR count). The van der Waals surface area contributed by atoms with Crippen LogP contribution in [0.15, 0.2) is 46.0 Å². The molecule has 1 N–H and O–H groups in total. The molecule has 0 saturated carbocycles. The molecule has 10 nitrogen and oxygen atoms in total. The van der Waals surface area contributed by atoms with E-state index < -0.39 is 10.8 Å². The average molecular weight is 435 g/mol. The number of amides is 1. The second-order valence-corrected chi connectivity index (χ2v) is 7.04. The first-order valence-electron chi connectivity index (χ1n) is 8.10. The van der Waals surface area contributed by atoms with Gasteiger partial charge in [0, 0.05) is 17.3 Å². The minimum absolute atomic E-state index is 0.00993. The van der Waals surface area contributed by atoms with E-state index in [1.807, 2.05) is 0 Å². The minimum Gasteiger partial charge on any atom is -0.454 e. The molecule has 0 unspecified atom stereocenters. The number of nitrogens with one attached hydrogen (secondary N) is 1. The fraction of sp³-hybridized carbons (Fsp3) is 0.118. The Balaban J connectivity index is 1.37. The molecule has 12 heteroatoms. The van der Waals surface area contributed by atoms with E-state index in [1.165, 1.54) is 18.2 Å². The number of ether oxygens (including phenoxy) is 2. The van der Waals surface area contributed by atoms with E-state index >= 15 is 0 Å². The van der Waals surface area contributed by atoms with Crippen LogP contribution in [-0.4, -0.2) is 33.6 Å². The third-order valence-electron chi connectivity index (χ3n) is 3.78. The number of hydrogen-bond donors (Lipinski definition) is 1. The number of benzene rings is 2. The van der Waals surface area contributed by atoms with E-state index in [0.29, 0.717) is 17.1 Å². The number of halogens is 1. The molecule has 0 saturated heterocycles. The molecule has 0 radical (unpaired) electrons. The van der Waals surface area contributed by atoms with Gasteiger partial charge in [-0.2, -0.15) is 0 Å². The number of nitro benzene ring substituents is 1. The molecular weight excluding hydrogens is 424 g/mol. The van der Waals surface area contributed by atoms with Gasteiger partial charge in [0.1, 0.15) is 5.02 Å². The summed E-state index contributed by atoms with van der Waals surface area (Å²) in [5.74, 6) is 1.08. The topological polar surface area (TPSA) is 130 Å². The zero-order valence-corrected chi connectivity index (χ0v) is 16.0. The van der Waals surface area contributed by atoms with Crippen molar-refractivity contribution in [3.05, 3.63) is 51.5 Å². The highest BCUT2D eigenvalue weighted by molar-refractivity contribution is 7.99. The molecule has 1 aliphatic heterocycles. The average Bonchev–Trinajstić information content (AvgIpc) is 3.36. The molecule has 3 aromatic rings. The summed E-state index contributed by atoms with van der Waals surface area (Å²) in [6.45, 7) is 0.162. The molecule has 29 heavy (non-hydrogen) atoms. The summed E-state index contributed by atoms with van der Waals surface area (Å²) in [5.41, 5.74) is 0.632. The molecule has 2 heterocycles. The maximum atomic E-state index is 12.1. The Morgan fingerprint density at radius 2 is 2.03 bits per heavy atom. The van der Waals surface area contributed by atoms with Crippen LogP contribution in [0.25, 0.3) is 11.5 Å². The Morgan fingerprint density at radius 3 is 2.86 bits per heavy atom. The van der Waals surface area contributed by atoms with Crippen LogP contribution in [0.3, 0.4) is 0 Å². The Hall–Kier alpha value is -3.31. The third-order valence-corrected chi connectivity index (χ3v) is 4.92. The van der Waals surface area contributed by atoms with Crippen LogP contribution >= 0.6 is 23.4 Å². The van der Waals surface area contributed by atoms with Crippen molar-refractivity contribution in [3.8, 4) is 23.0 Å². The van der Waals surface area contributed by atoms with E-state index in [4.69, 9.17) is 25.5 Å². The number of rotatable bonds is 6. The van der Waals surface area contributed by atoms with E-state index in [2.05, 4.69) is 15.5 Å². The zero-order chi connectivity index (χ0) is 20.4. The van der Waals surface area contributed by atoms with Crippen LogP contribution in [-0.2, 0) is 4.79 Å². The summed E-state index contributed by atoms with van der Waals surface area (Å²) < 4.78 is 16.1. The highest BCUT2D eigenvalue weighted by Gasteiger charge is 2.18. The van der Waals surface area contributed by atoms with Gasteiger partial charge < -0.3 is 19.2 Å². The van der Waals surface area contributed by atoms with Gasteiger partial charge in [0.05, 0.1) is 10.7 Å². The number of thioether (sulfide) groups is 1. The van der Waals surface area contributed by atoms with Crippen molar-refractivity contribution < 1.29 is 23.6 Å². The Morgan fingerprint density at radius 1 is 1.21 bits per heavy atom. The van der Waals surface area contributed by atoms with Crippen LogP contribution in [0.4, 0.5) is 11.4 Å². The maximum absolute atomic E-state index is 12.1. The lowest BCUT2D eigenvalue weighted by Crippen LogP contribution is -2.14. The Kier molecular flexibility index (Phi) is 5.23. The number of aromatic nitrogens is 2. The number of hydrogen-bond acceptors (Lipinski definition) is 9. The maximum Gasteiger partial charge on any atom is 0.289 e. The largest absolute Gasteiger partial charge is 0.454 e. The van der Waals surface area contributed by atoms with Gasteiger partial charge in [0.25, 0.3) is 10.9 Å². The number of carbonyl (C=O) groups excluding carboxylic acids is 1. The summed E-state index contributed by atoms with van der Waals surface area (Å²) in [6, 6.07) is 9.24. The summed E-state index contributed by atoms with van der Waals surface area (Å²) in [6.07, 6.45) is 0. The van der Waals surface area contributed by atoms with Crippen molar-refractivity contribution in [2.75, 3.05) is 17.9 Å². The van der Waals surface area contributed by atoms with Gasteiger partial charge in [0.15, 0.2) is 11.5 Å². The van der Waals surface area contributed by atoms with Crippen LogP contribution in [0.1, 0.15) is 0 Å². The highest BCUT2D eigenvalue weighted by atomic mass is 35.5. The number of nitrogens with zero attached hydrogens (tertiary/aromatic N) is 3. The predicted octanol–water partition coefficient (Wildman–Crippen LogP) is 3.76. The fourth-order valence-electron chi connectivity index (χ4n) is 2.47. The number of carbonyl (C=O) groups is 1. The summed E-state index contributed by atoms with van der Waals surface area (Å²) in [4.78, 5) is 22.4. The Bertz CT molecular complexity index is 1110. The molecule has 1 amide bonds.